The second-order valence-electron chi connectivity index (χ2n) is 6.20. The minimum Gasteiger partial charge on any atom is -0.353 e. The van der Waals surface area contributed by atoms with Gasteiger partial charge in [-0.05, 0) is 49.2 Å². The highest BCUT2D eigenvalue weighted by Gasteiger charge is 2.27. The van der Waals surface area contributed by atoms with Gasteiger partial charge in [0.05, 0.1) is 11.4 Å². The Balaban J connectivity index is 2.34. The first-order valence-corrected chi connectivity index (χ1v) is 11.1. The molecule has 0 aliphatic carbocycles. The molecule has 0 saturated carbocycles. The number of carbonyl (C=O) groups is 1. The highest BCUT2D eigenvalue weighted by Crippen LogP contribution is 2.23. The van der Waals surface area contributed by atoms with Crippen LogP contribution in [0.5, 0.6) is 0 Å². The number of amides is 1. The van der Waals surface area contributed by atoms with E-state index in [2.05, 4.69) is 21.2 Å². The molecule has 27 heavy (non-hydrogen) atoms. The lowest BCUT2D eigenvalue weighted by atomic mass is 10.2. The predicted molar refractivity (Wildman–Crippen MR) is 111 cm³/mol. The summed E-state index contributed by atoms with van der Waals surface area (Å²) < 4.78 is 28.2. The Bertz CT molecular complexity index is 888. The van der Waals surface area contributed by atoms with Gasteiger partial charge in [0, 0.05) is 22.1 Å². The Hall–Kier alpha value is -1.41. The molecule has 5 nitrogen and oxygen atoms in total. The fourth-order valence-electron chi connectivity index (χ4n) is 2.38. The summed E-state index contributed by atoms with van der Waals surface area (Å²) in [6.07, 6.45) is 0.760. The molecule has 2 rings (SSSR count). The number of sulfonamides is 1. The van der Waals surface area contributed by atoms with Crippen LogP contribution in [0.1, 0.15) is 25.8 Å². The molecular weight excluding hydrogens is 452 g/mol. The summed E-state index contributed by atoms with van der Waals surface area (Å²) >= 11 is 9.50. The zero-order valence-corrected chi connectivity index (χ0v) is 18.3. The number of hydrogen-bond donors (Lipinski definition) is 1. The highest BCUT2D eigenvalue weighted by atomic mass is 79.9. The Morgan fingerprint density at radius 3 is 2.41 bits per heavy atom. The summed E-state index contributed by atoms with van der Waals surface area (Å²) in [7, 11) is -3.88. The quantitative estimate of drug-likeness (QED) is 0.624. The Labute approximate surface area is 173 Å². The predicted octanol–water partition coefficient (Wildman–Crippen LogP) is 4.21. The van der Waals surface area contributed by atoms with Crippen LogP contribution in [0.3, 0.4) is 0 Å². The van der Waals surface area contributed by atoms with E-state index in [9.17, 15) is 13.2 Å². The van der Waals surface area contributed by atoms with Crippen molar-refractivity contribution in [2.75, 3.05) is 6.54 Å². The van der Waals surface area contributed by atoms with Gasteiger partial charge in [-0.1, -0.05) is 52.7 Å². The highest BCUT2D eigenvalue weighted by molar-refractivity contribution is 9.10. The molecule has 0 fully saturated rings. The van der Waals surface area contributed by atoms with Crippen LogP contribution in [0.25, 0.3) is 0 Å². The normalized spacial score (nSPS) is 12.8. The first kappa shape index (κ1) is 21.9. The van der Waals surface area contributed by atoms with Crippen LogP contribution in [0.15, 0.2) is 57.9 Å². The zero-order valence-electron chi connectivity index (χ0n) is 15.2. The van der Waals surface area contributed by atoms with E-state index in [1.165, 1.54) is 12.1 Å². The fourth-order valence-corrected chi connectivity index (χ4v) is 4.22. The van der Waals surface area contributed by atoms with Gasteiger partial charge in [0.25, 0.3) is 0 Å². The second-order valence-corrected chi connectivity index (χ2v) is 9.46. The van der Waals surface area contributed by atoms with E-state index < -0.39 is 10.0 Å². The molecule has 0 radical (unpaired) electrons. The van der Waals surface area contributed by atoms with Crippen LogP contribution >= 0.6 is 27.5 Å². The number of rotatable bonds is 8. The van der Waals surface area contributed by atoms with Crippen LogP contribution in [0, 0.1) is 0 Å². The van der Waals surface area contributed by atoms with Crippen LogP contribution in [-0.2, 0) is 21.4 Å². The molecular formula is C19H22BrClN2O3S. The molecule has 0 bridgehead atoms. The largest absolute Gasteiger partial charge is 0.353 e. The third kappa shape index (κ3) is 6.04. The molecule has 0 aliphatic heterocycles. The summed E-state index contributed by atoms with van der Waals surface area (Å²) in [5.41, 5.74) is 0.635. The van der Waals surface area contributed by atoms with E-state index in [1.807, 2.05) is 13.8 Å². The van der Waals surface area contributed by atoms with Gasteiger partial charge in [0.1, 0.15) is 0 Å². The van der Waals surface area contributed by atoms with E-state index in [0.29, 0.717) is 10.6 Å². The number of carbonyl (C=O) groups excluding carboxylic acids is 1. The number of hydrogen-bond acceptors (Lipinski definition) is 3. The van der Waals surface area contributed by atoms with E-state index in [4.69, 9.17) is 11.6 Å². The molecule has 1 N–H and O–H groups in total. The van der Waals surface area contributed by atoms with Crippen molar-refractivity contribution in [3.63, 3.8) is 0 Å². The number of halogens is 2. The smallest absolute Gasteiger partial charge is 0.243 e. The van der Waals surface area contributed by atoms with Crippen molar-refractivity contribution in [1.82, 2.24) is 9.62 Å². The Morgan fingerprint density at radius 2 is 1.81 bits per heavy atom. The van der Waals surface area contributed by atoms with Crippen LogP contribution in [0.4, 0.5) is 0 Å². The monoisotopic (exact) mass is 472 g/mol. The second kappa shape index (κ2) is 9.68. The fraction of sp³-hybridized carbons (Fsp3) is 0.316. The molecule has 0 aliphatic rings. The lowest BCUT2D eigenvalue weighted by Crippen LogP contribution is -2.43. The average Bonchev–Trinajstić information content (AvgIpc) is 2.63. The Kier molecular flexibility index (Phi) is 7.85. The van der Waals surface area contributed by atoms with Crippen LogP contribution in [0.2, 0.25) is 5.02 Å². The minimum absolute atomic E-state index is 0.00595. The van der Waals surface area contributed by atoms with Crippen LogP contribution in [-0.4, -0.2) is 31.2 Å². The molecule has 0 spiro atoms. The Morgan fingerprint density at radius 1 is 1.19 bits per heavy atom. The minimum atomic E-state index is -3.88. The van der Waals surface area contributed by atoms with Gasteiger partial charge >= 0.3 is 0 Å². The van der Waals surface area contributed by atoms with Crippen molar-refractivity contribution in [2.45, 2.75) is 37.8 Å². The maximum absolute atomic E-state index is 13.1. The zero-order chi connectivity index (χ0) is 20.0. The lowest BCUT2D eigenvalue weighted by molar-refractivity contribution is -0.122. The number of nitrogens with zero attached hydrogens (tertiary/aromatic N) is 1. The lowest BCUT2D eigenvalue weighted by Gasteiger charge is -2.23. The molecule has 0 saturated heterocycles. The van der Waals surface area contributed by atoms with Gasteiger partial charge < -0.3 is 5.32 Å². The van der Waals surface area contributed by atoms with E-state index >= 15 is 0 Å². The summed E-state index contributed by atoms with van der Waals surface area (Å²) in [6, 6.07) is 13.3. The van der Waals surface area contributed by atoms with E-state index in [1.54, 1.807) is 36.4 Å². The van der Waals surface area contributed by atoms with Crippen molar-refractivity contribution >= 4 is 43.5 Å². The number of nitrogens with one attached hydrogen (secondary N) is 1. The molecule has 0 unspecified atom stereocenters. The van der Waals surface area contributed by atoms with Gasteiger partial charge in [-0.25, -0.2) is 8.42 Å². The molecule has 8 heteroatoms. The van der Waals surface area contributed by atoms with Gasteiger partial charge in [-0.2, -0.15) is 4.31 Å². The van der Waals surface area contributed by atoms with E-state index in [-0.39, 0.29) is 29.9 Å². The molecule has 0 aromatic heterocycles. The van der Waals surface area contributed by atoms with Gasteiger partial charge in [0.2, 0.25) is 15.9 Å². The van der Waals surface area contributed by atoms with Gasteiger partial charge in [-0.15, -0.1) is 0 Å². The molecule has 2 aromatic carbocycles. The number of benzene rings is 2. The standard InChI is InChI=1S/C19H22BrClN2O3S/c1-3-14(2)22-19(24)13-23(12-15-6-4-5-7-18(15)21)27(25,26)17-10-8-16(20)9-11-17/h4-11,14H,3,12-13H2,1-2H3,(H,22,24)/t14-/m1/s1. The molecule has 0 heterocycles. The van der Waals surface area contributed by atoms with Gasteiger partial charge in [-0.3, -0.25) is 4.79 Å². The summed E-state index contributed by atoms with van der Waals surface area (Å²) in [6.45, 7) is 3.55. The van der Waals surface area contributed by atoms with E-state index in [0.717, 1.165) is 15.2 Å². The first-order chi connectivity index (χ1) is 12.7. The maximum atomic E-state index is 13.1. The van der Waals surface area contributed by atoms with Crippen molar-refractivity contribution in [3.8, 4) is 0 Å². The molecule has 1 amide bonds. The third-order valence-electron chi connectivity index (χ3n) is 4.10. The molecule has 2 aromatic rings. The van der Waals surface area contributed by atoms with Crippen molar-refractivity contribution in [1.29, 1.82) is 0 Å². The molecule has 1 atom stereocenters. The summed E-state index contributed by atoms with van der Waals surface area (Å²) in [5.74, 6) is -0.350. The van der Waals surface area contributed by atoms with Crippen molar-refractivity contribution in [3.05, 3.63) is 63.6 Å². The molecule has 146 valence electrons. The first-order valence-electron chi connectivity index (χ1n) is 8.52. The van der Waals surface area contributed by atoms with Crippen LogP contribution < -0.4 is 5.32 Å². The average molecular weight is 474 g/mol. The third-order valence-corrected chi connectivity index (χ3v) is 6.80. The van der Waals surface area contributed by atoms with Crippen molar-refractivity contribution in [2.24, 2.45) is 0 Å². The maximum Gasteiger partial charge on any atom is 0.243 e. The summed E-state index contributed by atoms with van der Waals surface area (Å²) in [4.78, 5) is 12.5. The SMILES string of the molecule is CC[C@@H](C)NC(=O)CN(Cc1ccccc1Cl)S(=O)(=O)c1ccc(Br)cc1. The summed E-state index contributed by atoms with van der Waals surface area (Å²) in [5, 5.41) is 3.26. The van der Waals surface area contributed by atoms with Crippen molar-refractivity contribution < 1.29 is 13.2 Å². The topological polar surface area (TPSA) is 66.5 Å². The van der Waals surface area contributed by atoms with Gasteiger partial charge in [0.15, 0.2) is 0 Å².